The second-order valence-corrected chi connectivity index (χ2v) is 4.01. The molecule has 0 radical (unpaired) electrons. The van der Waals surface area contributed by atoms with Crippen LogP contribution in [-0.2, 0) is 5.54 Å². The van der Waals surface area contributed by atoms with Gasteiger partial charge in [0.2, 0.25) is 0 Å². The molecule has 0 fully saturated rings. The molecular weight excluding hydrogens is 218 g/mol. The zero-order valence-corrected chi connectivity index (χ0v) is 8.88. The monoisotopic (exact) mass is 227 g/mol. The molecule has 1 heterocycles. The Kier molecular flexibility index (Phi) is 2.25. The Morgan fingerprint density at radius 2 is 2.25 bits per heavy atom. The average molecular weight is 228 g/mol. The van der Waals surface area contributed by atoms with Crippen molar-refractivity contribution in [3.63, 3.8) is 0 Å². The van der Waals surface area contributed by atoms with Crippen LogP contribution >= 0.6 is 15.9 Å². The van der Waals surface area contributed by atoms with E-state index in [0.717, 1.165) is 10.2 Å². The molecular formula is C8H10BrN3. The molecule has 0 aliphatic rings. The largest absolute Gasteiger partial charge is 0.249 e. The van der Waals surface area contributed by atoms with E-state index in [4.69, 9.17) is 5.26 Å². The van der Waals surface area contributed by atoms with Crippen LogP contribution in [-0.4, -0.2) is 9.78 Å². The number of nitrogens with zero attached hydrogens (tertiary/aromatic N) is 3. The summed E-state index contributed by atoms with van der Waals surface area (Å²) in [4.78, 5) is 0. The van der Waals surface area contributed by atoms with Gasteiger partial charge in [0.1, 0.15) is 5.54 Å². The van der Waals surface area contributed by atoms with Crippen molar-refractivity contribution in [3.8, 4) is 6.07 Å². The van der Waals surface area contributed by atoms with Crippen molar-refractivity contribution in [2.24, 2.45) is 0 Å². The molecule has 0 unspecified atom stereocenters. The van der Waals surface area contributed by atoms with Crippen LogP contribution in [0.5, 0.6) is 0 Å². The lowest BCUT2D eigenvalue weighted by Gasteiger charge is -2.17. The molecule has 12 heavy (non-hydrogen) atoms. The third-order valence-corrected chi connectivity index (χ3v) is 2.53. The normalized spacial score (nSPS) is 11.2. The molecule has 3 nitrogen and oxygen atoms in total. The van der Waals surface area contributed by atoms with E-state index in [1.165, 1.54) is 0 Å². The molecule has 0 N–H and O–H groups in total. The minimum atomic E-state index is -0.573. The number of halogens is 1. The highest BCUT2D eigenvalue weighted by atomic mass is 79.9. The van der Waals surface area contributed by atoms with E-state index in [-0.39, 0.29) is 0 Å². The third kappa shape index (κ3) is 1.37. The quantitative estimate of drug-likeness (QED) is 0.739. The van der Waals surface area contributed by atoms with Crippen LogP contribution in [0, 0.1) is 18.3 Å². The first-order valence-corrected chi connectivity index (χ1v) is 4.40. The van der Waals surface area contributed by atoms with E-state index in [9.17, 15) is 0 Å². The fraction of sp³-hybridized carbons (Fsp3) is 0.500. The molecule has 64 valence electrons. The molecule has 1 aromatic heterocycles. The summed E-state index contributed by atoms with van der Waals surface area (Å²) in [6.07, 6.45) is 1.70. The van der Waals surface area contributed by atoms with E-state index >= 15 is 0 Å². The van der Waals surface area contributed by atoms with Gasteiger partial charge in [-0.25, -0.2) is 4.68 Å². The molecule has 0 saturated carbocycles. The molecule has 0 amide bonds. The lowest BCUT2D eigenvalue weighted by Crippen LogP contribution is -2.26. The molecule has 4 heteroatoms. The topological polar surface area (TPSA) is 41.6 Å². The molecule has 0 saturated heterocycles. The highest BCUT2D eigenvalue weighted by molar-refractivity contribution is 9.10. The number of aromatic nitrogens is 2. The second-order valence-electron chi connectivity index (χ2n) is 3.16. The van der Waals surface area contributed by atoms with Crippen LogP contribution in [0.1, 0.15) is 19.5 Å². The maximum atomic E-state index is 8.86. The predicted octanol–water partition coefficient (Wildman–Crippen LogP) is 2.21. The lowest BCUT2D eigenvalue weighted by atomic mass is 10.1. The first-order chi connectivity index (χ1) is 5.49. The number of hydrogen-bond acceptors (Lipinski definition) is 2. The molecule has 1 aromatic rings. The zero-order chi connectivity index (χ0) is 9.35. The summed E-state index contributed by atoms with van der Waals surface area (Å²) in [5, 5.41) is 13.0. The average Bonchev–Trinajstić information content (AvgIpc) is 2.33. The van der Waals surface area contributed by atoms with E-state index in [1.807, 2.05) is 20.8 Å². The van der Waals surface area contributed by atoms with Gasteiger partial charge in [-0.15, -0.1) is 0 Å². The summed E-state index contributed by atoms with van der Waals surface area (Å²) >= 11 is 3.34. The molecule has 0 spiro atoms. The van der Waals surface area contributed by atoms with Gasteiger partial charge in [-0.3, -0.25) is 0 Å². The van der Waals surface area contributed by atoms with E-state index in [1.54, 1.807) is 10.9 Å². The summed E-state index contributed by atoms with van der Waals surface area (Å²) in [5.41, 5.74) is 0.400. The van der Waals surface area contributed by atoms with Crippen LogP contribution < -0.4 is 0 Å². The molecule has 0 aliphatic carbocycles. The van der Waals surface area contributed by atoms with Crippen molar-refractivity contribution in [3.05, 3.63) is 16.4 Å². The highest BCUT2D eigenvalue weighted by Crippen LogP contribution is 2.21. The fourth-order valence-corrected chi connectivity index (χ4v) is 1.26. The van der Waals surface area contributed by atoms with Gasteiger partial charge in [0.25, 0.3) is 0 Å². The zero-order valence-electron chi connectivity index (χ0n) is 7.30. The summed E-state index contributed by atoms with van der Waals surface area (Å²) in [5.74, 6) is 0. The van der Waals surface area contributed by atoms with Gasteiger partial charge in [-0.1, -0.05) is 0 Å². The van der Waals surface area contributed by atoms with Gasteiger partial charge < -0.3 is 0 Å². The second kappa shape index (κ2) is 2.91. The van der Waals surface area contributed by atoms with Crippen molar-refractivity contribution in [1.29, 1.82) is 5.26 Å². The minimum absolute atomic E-state index is 0.573. The predicted molar refractivity (Wildman–Crippen MR) is 49.6 cm³/mol. The van der Waals surface area contributed by atoms with Gasteiger partial charge in [-0.2, -0.15) is 10.4 Å². The fourth-order valence-electron chi connectivity index (χ4n) is 1.00. The number of hydrogen-bond donors (Lipinski definition) is 0. The molecule has 0 bridgehead atoms. The number of nitriles is 1. The smallest absolute Gasteiger partial charge is 0.143 e. The molecule has 0 aromatic carbocycles. The summed E-state index contributed by atoms with van der Waals surface area (Å²) < 4.78 is 2.64. The van der Waals surface area contributed by atoms with Crippen molar-refractivity contribution in [2.45, 2.75) is 26.3 Å². The van der Waals surface area contributed by atoms with E-state index < -0.39 is 5.54 Å². The maximum Gasteiger partial charge on any atom is 0.143 e. The van der Waals surface area contributed by atoms with Crippen LogP contribution in [0.25, 0.3) is 0 Å². The summed E-state index contributed by atoms with van der Waals surface area (Å²) in [7, 11) is 0. The van der Waals surface area contributed by atoms with Crippen molar-refractivity contribution < 1.29 is 0 Å². The van der Waals surface area contributed by atoms with Crippen molar-refractivity contribution >= 4 is 15.9 Å². The SMILES string of the molecule is Cc1c(Br)cnn1C(C)(C)C#N. The van der Waals surface area contributed by atoms with Gasteiger partial charge in [0, 0.05) is 0 Å². The van der Waals surface area contributed by atoms with Gasteiger partial charge in [-0.05, 0) is 36.7 Å². The first-order valence-electron chi connectivity index (χ1n) is 3.61. The Balaban J connectivity index is 3.22. The lowest BCUT2D eigenvalue weighted by molar-refractivity contribution is 0.409. The van der Waals surface area contributed by atoms with Crippen LogP contribution in [0.2, 0.25) is 0 Å². The standard InChI is InChI=1S/C8H10BrN3/c1-6-7(9)4-11-12(6)8(2,3)5-10/h4H,1-3H3. The maximum absolute atomic E-state index is 8.86. The van der Waals surface area contributed by atoms with Crippen LogP contribution in [0.4, 0.5) is 0 Å². The molecule has 0 aliphatic heterocycles. The third-order valence-electron chi connectivity index (χ3n) is 1.75. The molecule has 1 rings (SSSR count). The van der Waals surface area contributed by atoms with E-state index in [2.05, 4.69) is 27.1 Å². The highest BCUT2D eigenvalue weighted by Gasteiger charge is 2.22. The van der Waals surface area contributed by atoms with Gasteiger partial charge >= 0.3 is 0 Å². The Hall–Kier alpha value is -0.820. The first kappa shape index (κ1) is 9.27. The summed E-state index contributed by atoms with van der Waals surface area (Å²) in [6.45, 7) is 5.59. The Labute approximate surface area is 80.1 Å². The Morgan fingerprint density at radius 3 is 2.58 bits per heavy atom. The Morgan fingerprint density at radius 1 is 1.67 bits per heavy atom. The minimum Gasteiger partial charge on any atom is -0.249 e. The van der Waals surface area contributed by atoms with Gasteiger partial charge in [0.15, 0.2) is 0 Å². The number of rotatable bonds is 1. The van der Waals surface area contributed by atoms with Crippen LogP contribution in [0.15, 0.2) is 10.7 Å². The van der Waals surface area contributed by atoms with Crippen molar-refractivity contribution in [1.82, 2.24) is 9.78 Å². The van der Waals surface area contributed by atoms with Crippen molar-refractivity contribution in [2.75, 3.05) is 0 Å². The molecule has 0 atom stereocenters. The van der Waals surface area contributed by atoms with Crippen LogP contribution in [0.3, 0.4) is 0 Å². The van der Waals surface area contributed by atoms with Gasteiger partial charge in [0.05, 0.1) is 22.4 Å². The Bertz CT molecular complexity index is 333. The van der Waals surface area contributed by atoms with E-state index in [0.29, 0.717) is 0 Å². The summed E-state index contributed by atoms with van der Waals surface area (Å²) in [6, 6.07) is 2.19.